The molecule has 4 nitrogen and oxygen atoms in total. The van der Waals surface area contributed by atoms with Gasteiger partial charge in [0.05, 0.1) is 17.9 Å². The molecule has 0 aromatic carbocycles. The van der Waals surface area contributed by atoms with Crippen LogP contribution in [-0.2, 0) is 4.79 Å². The maximum absolute atomic E-state index is 11.8. The number of carbonyl (C=O) groups is 1. The summed E-state index contributed by atoms with van der Waals surface area (Å²) in [6, 6.07) is 2.85. The topological polar surface area (TPSA) is 56.1 Å². The smallest absolute Gasteiger partial charge is 0.224 e. The van der Waals surface area contributed by atoms with Gasteiger partial charge in [0.15, 0.2) is 0 Å². The summed E-state index contributed by atoms with van der Waals surface area (Å²) in [5.41, 5.74) is 0. The minimum Gasteiger partial charge on any atom is -0.359 e. The molecule has 4 atom stereocenters. The molecule has 1 saturated heterocycles. The summed E-state index contributed by atoms with van der Waals surface area (Å²) in [6.07, 6.45) is 5.35. The molecule has 1 saturated carbocycles. The number of nitrogens with one attached hydrogen (secondary N) is 1. The highest BCUT2D eigenvalue weighted by Gasteiger charge is 2.36. The lowest BCUT2D eigenvalue weighted by Crippen LogP contribution is -2.50. The Hall–Kier alpha value is -1.08. The number of piperidine rings is 1. The van der Waals surface area contributed by atoms with E-state index in [0.717, 1.165) is 38.8 Å². The maximum atomic E-state index is 11.8. The monoisotopic (exact) mass is 263 g/mol. The van der Waals surface area contributed by atoms with E-state index in [1.807, 2.05) is 0 Å². The van der Waals surface area contributed by atoms with Crippen LogP contribution in [0.1, 0.15) is 39.0 Å². The molecule has 1 aliphatic carbocycles. The molecule has 4 unspecified atom stereocenters. The van der Waals surface area contributed by atoms with Gasteiger partial charge in [-0.15, -0.1) is 0 Å². The SMILES string of the molecule is CNC(=O)C1CCCN(C2CC(C)CCC2C#N)C1. The van der Waals surface area contributed by atoms with Crippen molar-refractivity contribution in [3.05, 3.63) is 0 Å². The zero-order chi connectivity index (χ0) is 13.8. The van der Waals surface area contributed by atoms with Gasteiger partial charge in [-0.2, -0.15) is 5.26 Å². The molecule has 2 fully saturated rings. The predicted octanol–water partition coefficient (Wildman–Crippen LogP) is 1.77. The summed E-state index contributed by atoms with van der Waals surface area (Å²) >= 11 is 0. The van der Waals surface area contributed by atoms with E-state index >= 15 is 0 Å². The third-order valence-corrected chi connectivity index (χ3v) is 4.78. The average molecular weight is 263 g/mol. The second-order valence-corrected chi connectivity index (χ2v) is 6.17. The Morgan fingerprint density at radius 1 is 1.37 bits per heavy atom. The lowest BCUT2D eigenvalue weighted by molar-refractivity contribution is -0.126. The highest BCUT2D eigenvalue weighted by molar-refractivity contribution is 5.78. The fraction of sp³-hybridized carbons (Fsp3) is 0.867. The van der Waals surface area contributed by atoms with Crippen molar-refractivity contribution in [2.45, 2.75) is 45.1 Å². The maximum Gasteiger partial charge on any atom is 0.224 e. The molecule has 2 rings (SSSR count). The Balaban J connectivity index is 2.02. The first-order valence-corrected chi connectivity index (χ1v) is 7.51. The Bertz CT molecular complexity index is 363. The second-order valence-electron chi connectivity index (χ2n) is 6.17. The lowest BCUT2D eigenvalue weighted by Gasteiger charge is -2.43. The first kappa shape index (κ1) is 14.3. The van der Waals surface area contributed by atoms with Gasteiger partial charge < -0.3 is 5.32 Å². The van der Waals surface area contributed by atoms with E-state index in [0.29, 0.717) is 12.0 Å². The van der Waals surface area contributed by atoms with Crippen molar-refractivity contribution in [3.63, 3.8) is 0 Å². The van der Waals surface area contributed by atoms with E-state index in [4.69, 9.17) is 0 Å². The van der Waals surface area contributed by atoms with Crippen molar-refractivity contribution in [1.82, 2.24) is 10.2 Å². The van der Waals surface area contributed by atoms with E-state index < -0.39 is 0 Å². The van der Waals surface area contributed by atoms with Gasteiger partial charge in [-0.1, -0.05) is 6.92 Å². The van der Waals surface area contributed by atoms with Gasteiger partial charge in [-0.05, 0) is 44.6 Å². The Morgan fingerprint density at radius 2 is 2.16 bits per heavy atom. The van der Waals surface area contributed by atoms with E-state index in [-0.39, 0.29) is 17.7 Å². The van der Waals surface area contributed by atoms with E-state index in [1.165, 1.54) is 6.42 Å². The first-order chi connectivity index (χ1) is 9.15. The van der Waals surface area contributed by atoms with Crippen LogP contribution in [0.5, 0.6) is 0 Å². The van der Waals surface area contributed by atoms with E-state index in [9.17, 15) is 10.1 Å². The van der Waals surface area contributed by atoms with Crippen LogP contribution < -0.4 is 5.32 Å². The molecule has 1 N–H and O–H groups in total. The molecule has 106 valence electrons. The van der Waals surface area contributed by atoms with Crippen LogP contribution in [0, 0.1) is 29.1 Å². The van der Waals surface area contributed by atoms with Gasteiger partial charge in [-0.3, -0.25) is 9.69 Å². The predicted molar refractivity (Wildman–Crippen MR) is 74.3 cm³/mol. The van der Waals surface area contributed by atoms with Gasteiger partial charge in [0.25, 0.3) is 0 Å². The van der Waals surface area contributed by atoms with Gasteiger partial charge in [-0.25, -0.2) is 0 Å². The standard InChI is InChI=1S/C15H25N3O/c1-11-5-6-12(9-16)14(8-11)18-7-3-4-13(10-18)15(19)17-2/h11-14H,3-8,10H2,1-2H3,(H,17,19). The van der Waals surface area contributed by atoms with Crippen LogP contribution >= 0.6 is 0 Å². The van der Waals surface area contributed by atoms with Gasteiger partial charge >= 0.3 is 0 Å². The summed E-state index contributed by atoms with van der Waals surface area (Å²) in [5.74, 6) is 1.12. The molecule has 1 heterocycles. The fourth-order valence-electron chi connectivity index (χ4n) is 3.63. The van der Waals surface area contributed by atoms with Crippen molar-refractivity contribution >= 4 is 5.91 Å². The van der Waals surface area contributed by atoms with Crippen LogP contribution in [0.2, 0.25) is 0 Å². The number of carbonyl (C=O) groups excluding carboxylic acids is 1. The Morgan fingerprint density at radius 3 is 2.84 bits per heavy atom. The quantitative estimate of drug-likeness (QED) is 0.826. The minimum atomic E-state index is 0.107. The number of hydrogen-bond acceptors (Lipinski definition) is 3. The Labute approximate surface area is 116 Å². The molecule has 0 bridgehead atoms. The molecule has 0 radical (unpaired) electrons. The van der Waals surface area contributed by atoms with Crippen molar-refractivity contribution in [2.24, 2.45) is 17.8 Å². The van der Waals surface area contributed by atoms with Crippen LogP contribution in [0.3, 0.4) is 0 Å². The highest BCUT2D eigenvalue weighted by atomic mass is 16.1. The van der Waals surface area contributed by atoms with Crippen molar-refractivity contribution in [1.29, 1.82) is 5.26 Å². The lowest BCUT2D eigenvalue weighted by atomic mass is 9.78. The first-order valence-electron chi connectivity index (χ1n) is 7.51. The summed E-state index contributed by atoms with van der Waals surface area (Å²) in [5, 5.41) is 12.1. The van der Waals surface area contributed by atoms with Crippen molar-refractivity contribution < 1.29 is 4.79 Å². The van der Waals surface area contributed by atoms with E-state index in [2.05, 4.69) is 23.2 Å². The molecular weight excluding hydrogens is 238 g/mol. The number of likely N-dealkylation sites (tertiary alicyclic amines) is 1. The number of nitrogens with zero attached hydrogens (tertiary/aromatic N) is 2. The van der Waals surface area contributed by atoms with Gasteiger partial charge in [0.2, 0.25) is 5.91 Å². The minimum absolute atomic E-state index is 0.107. The zero-order valence-corrected chi connectivity index (χ0v) is 12.1. The largest absolute Gasteiger partial charge is 0.359 e. The second kappa shape index (κ2) is 6.38. The summed E-state index contributed by atoms with van der Waals surface area (Å²) in [6.45, 7) is 4.15. The van der Waals surface area contributed by atoms with Crippen molar-refractivity contribution in [3.8, 4) is 6.07 Å². The normalized spacial score (nSPS) is 36.5. The fourth-order valence-corrected chi connectivity index (χ4v) is 3.63. The third kappa shape index (κ3) is 3.27. The molecule has 1 aliphatic heterocycles. The van der Waals surface area contributed by atoms with Crippen LogP contribution in [0.15, 0.2) is 0 Å². The molecule has 19 heavy (non-hydrogen) atoms. The number of hydrogen-bond donors (Lipinski definition) is 1. The average Bonchev–Trinajstić information content (AvgIpc) is 2.46. The van der Waals surface area contributed by atoms with Crippen molar-refractivity contribution in [2.75, 3.05) is 20.1 Å². The molecule has 1 amide bonds. The molecular formula is C15H25N3O. The summed E-state index contributed by atoms with van der Waals surface area (Å²) in [7, 11) is 1.71. The number of amides is 1. The number of rotatable bonds is 2. The van der Waals surface area contributed by atoms with Gasteiger partial charge in [0, 0.05) is 19.6 Å². The molecule has 4 heteroatoms. The van der Waals surface area contributed by atoms with Gasteiger partial charge in [0.1, 0.15) is 0 Å². The molecule has 0 spiro atoms. The highest BCUT2D eigenvalue weighted by Crippen LogP contribution is 2.34. The van der Waals surface area contributed by atoms with Crippen LogP contribution in [0.25, 0.3) is 0 Å². The van der Waals surface area contributed by atoms with E-state index in [1.54, 1.807) is 7.05 Å². The molecule has 0 aromatic rings. The zero-order valence-electron chi connectivity index (χ0n) is 12.1. The summed E-state index contributed by atoms with van der Waals surface area (Å²) < 4.78 is 0. The molecule has 0 aromatic heterocycles. The molecule has 2 aliphatic rings. The van der Waals surface area contributed by atoms with Crippen LogP contribution in [-0.4, -0.2) is 37.0 Å². The van der Waals surface area contributed by atoms with Crippen LogP contribution in [0.4, 0.5) is 0 Å². The summed E-state index contributed by atoms with van der Waals surface area (Å²) in [4.78, 5) is 14.2. The third-order valence-electron chi connectivity index (χ3n) is 4.78. The Kier molecular flexibility index (Phi) is 4.81. The number of nitriles is 1.